The molecule has 1 aliphatic rings. The Morgan fingerprint density at radius 2 is 1.93 bits per heavy atom. The molecule has 0 bridgehead atoms. The summed E-state index contributed by atoms with van der Waals surface area (Å²) in [5, 5.41) is 12.0. The summed E-state index contributed by atoms with van der Waals surface area (Å²) >= 11 is 1.37. The zero-order valence-electron chi connectivity index (χ0n) is 17.5. The van der Waals surface area contributed by atoms with Crippen LogP contribution in [-0.4, -0.2) is 53.1 Å². The molecule has 8 heteroatoms. The highest BCUT2D eigenvalue weighted by Gasteiger charge is 2.24. The molecule has 2 aromatic rings. The highest BCUT2D eigenvalue weighted by molar-refractivity contribution is 7.15. The zero-order chi connectivity index (χ0) is 20.8. The van der Waals surface area contributed by atoms with Gasteiger partial charge in [-0.3, -0.25) is 9.59 Å². The quantitative estimate of drug-likeness (QED) is 0.714. The van der Waals surface area contributed by atoms with E-state index in [1.807, 2.05) is 11.8 Å². The lowest BCUT2D eigenvalue weighted by Crippen LogP contribution is -3.13. The van der Waals surface area contributed by atoms with E-state index in [9.17, 15) is 9.59 Å². The minimum Gasteiger partial charge on any atom is -0.331 e. The number of benzene rings is 1. The second kappa shape index (κ2) is 9.93. The topological polar surface area (TPSA) is 79.6 Å². The molecule has 1 saturated heterocycles. The number of amides is 2. The molecule has 1 aromatic carbocycles. The Morgan fingerprint density at radius 3 is 2.59 bits per heavy atom. The Balaban J connectivity index is 1.39. The average molecular weight is 417 g/mol. The number of aryl methyl sites for hydroxylation is 3. The molecule has 1 aromatic heterocycles. The van der Waals surface area contributed by atoms with Gasteiger partial charge in [-0.1, -0.05) is 42.0 Å². The van der Waals surface area contributed by atoms with E-state index in [1.165, 1.54) is 32.9 Å². The minimum absolute atomic E-state index is 0.0530. The van der Waals surface area contributed by atoms with Crippen molar-refractivity contribution in [1.82, 2.24) is 15.1 Å². The summed E-state index contributed by atoms with van der Waals surface area (Å²) in [5.41, 5.74) is 4.01. The van der Waals surface area contributed by atoms with E-state index in [2.05, 4.69) is 47.6 Å². The van der Waals surface area contributed by atoms with Crippen molar-refractivity contribution in [1.29, 1.82) is 0 Å². The summed E-state index contributed by atoms with van der Waals surface area (Å²) in [6.07, 6.45) is 1.21. The van der Waals surface area contributed by atoms with Crippen molar-refractivity contribution in [3.05, 3.63) is 39.9 Å². The Bertz CT molecular complexity index is 859. The van der Waals surface area contributed by atoms with Gasteiger partial charge in [0.05, 0.1) is 26.2 Å². The third-order valence-electron chi connectivity index (χ3n) is 5.34. The van der Waals surface area contributed by atoms with E-state index in [4.69, 9.17) is 0 Å². The normalized spacial score (nSPS) is 14.8. The highest BCUT2D eigenvalue weighted by Crippen LogP contribution is 2.16. The number of anilines is 1. The molecule has 0 atom stereocenters. The Labute approximate surface area is 176 Å². The molecule has 0 radical (unpaired) electrons. The van der Waals surface area contributed by atoms with Crippen LogP contribution in [0.1, 0.15) is 41.5 Å². The van der Waals surface area contributed by atoms with Gasteiger partial charge >= 0.3 is 0 Å². The fourth-order valence-electron chi connectivity index (χ4n) is 3.57. The number of carbonyl (C=O) groups excluding carboxylic acids is 2. The van der Waals surface area contributed by atoms with Crippen LogP contribution in [0.15, 0.2) is 18.2 Å². The maximum absolute atomic E-state index is 12.5. The molecule has 2 amide bonds. The van der Waals surface area contributed by atoms with Crippen LogP contribution in [0.3, 0.4) is 0 Å². The fraction of sp³-hybridized carbons (Fsp3) is 0.524. The summed E-state index contributed by atoms with van der Waals surface area (Å²) in [6, 6.07) is 6.61. The number of rotatable bonds is 7. The molecule has 0 saturated carbocycles. The number of aromatic nitrogens is 2. The molecule has 2 heterocycles. The molecule has 2 N–H and O–H groups in total. The molecular formula is C21H30N5O2S+. The first-order valence-electron chi connectivity index (χ1n) is 10.2. The van der Waals surface area contributed by atoms with E-state index in [0.29, 0.717) is 5.13 Å². The lowest BCUT2D eigenvalue weighted by Gasteiger charge is -2.32. The molecule has 3 rings (SSSR count). The van der Waals surface area contributed by atoms with Gasteiger partial charge in [0.2, 0.25) is 16.9 Å². The summed E-state index contributed by atoms with van der Waals surface area (Å²) in [6.45, 7) is 10.6. The van der Waals surface area contributed by atoms with Gasteiger partial charge in [-0.25, -0.2) is 0 Å². The molecule has 0 aliphatic carbocycles. The summed E-state index contributed by atoms with van der Waals surface area (Å²) in [4.78, 5) is 27.9. The molecule has 29 heavy (non-hydrogen) atoms. The van der Waals surface area contributed by atoms with E-state index < -0.39 is 0 Å². The average Bonchev–Trinajstić information content (AvgIpc) is 3.16. The van der Waals surface area contributed by atoms with E-state index >= 15 is 0 Å². The summed E-state index contributed by atoms with van der Waals surface area (Å²) in [5.74, 6) is -0.131. The van der Waals surface area contributed by atoms with E-state index in [1.54, 1.807) is 0 Å². The van der Waals surface area contributed by atoms with Crippen molar-refractivity contribution in [3.8, 4) is 0 Å². The van der Waals surface area contributed by atoms with Crippen molar-refractivity contribution < 1.29 is 14.5 Å². The van der Waals surface area contributed by atoms with Crippen molar-refractivity contribution in [2.24, 2.45) is 0 Å². The number of piperazine rings is 1. The Kier molecular flexibility index (Phi) is 7.33. The van der Waals surface area contributed by atoms with E-state index in [-0.39, 0.29) is 24.7 Å². The smallest absolute Gasteiger partial charge is 0.226 e. The first kappa shape index (κ1) is 21.4. The first-order valence-corrected chi connectivity index (χ1v) is 11.1. The molecule has 7 nitrogen and oxygen atoms in total. The molecule has 156 valence electrons. The number of carbonyl (C=O) groups is 2. The van der Waals surface area contributed by atoms with Crippen molar-refractivity contribution in [3.63, 3.8) is 0 Å². The van der Waals surface area contributed by atoms with Crippen LogP contribution in [0, 0.1) is 13.8 Å². The van der Waals surface area contributed by atoms with Crippen molar-refractivity contribution >= 4 is 28.3 Å². The molecular weight excluding hydrogens is 386 g/mol. The zero-order valence-corrected chi connectivity index (χ0v) is 18.3. The van der Waals surface area contributed by atoms with Gasteiger partial charge in [0, 0.05) is 18.4 Å². The van der Waals surface area contributed by atoms with Gasteiger partial charge in [-0.15, -0.1) is 10.2 Å². The Hall–Kier alpha value is -2.32. The standard InChI is InChI=1S/C21H29N5O2S/c1-4-19-23-24-21(29-19)22-18(27)7-8-20(28)26-11-9-25(10-12-26)14-17-6-5-15(2)13-16(17)3/h5-6,13H,4,7-12,14H2,1-3H3,(H,22,24,27)/p+1. The number of nitrogens with one attached hydrogen (secondary N) is 2. The largest absolute Gasteiger partial charge is 0.331 e. The molecule has 1 aliphatic heterocycles. The molecule has 0 unspecified atom stereocenters. The number of nitrogens with zero attached hydrogens (tertiary/aromatic N) is 3. The predicted octanol–water partition coefficient (Wildman–Crippen LogP) is 1.36. The van der Waals surface area contributed by atoms with Crippen LogP contribution in [0.5, 0.6) is 0 Å². The van der Waals surface area contributed by atoms with Crippen LogP contribution in [-0.2, 0) is 22.6 Å². The van der Waals surface area contributed by atoms with Gasteiger partial charge in [-0.05, 0) is 25.8 Å². The van der Waals surface area contributed by atoms with Crippen LogP contribution in [0.2, 0.25) is 0 Å². The number of quaternary nitrogens is 1. The van der Waals surface area contributed by atoms with E-state index in [0.717, 1.165) is 44.2 Å². The maximum atomic E-state index is 12.5. The second-order valence-corrected chi connectivity index (χ2v) is 8.70. The lowest BCUT2D eigenvalue weighted by atomic mass is 10.1. The SMILES string of the molecule is CCc1nnc(NC(=O)CCC(=O)N2CC[NH+](Cc3ccc(C)cc3C)CC2)s1. The van der Waals surface area contributed by atoms with Gasteiger partial charge in [-0.2, -0.15) is 0 Å². The van der Waals surface area contributed by atoms with Crippen molar-refractivity contribution in [2.45, 2.75) is 46.6 Å². The minimum atomic E-state index is -0.184. The summed E-state index contributed by atoms with van der Waals surface area (Å²) in [7, 11) is 0. The third-order valence-corrected chi connectivity index (χ3v) is 6.33. The van der Waals surface area contributed by atoms with Crippen LogP contribution >= 0.6 is 11.3 Å². The first-order chi connectivity index (χ1) is 13.9. The maximum Gasteiger partial charge on any atom is 0.226 e. The van der Waals surface area contributed by atoms with Crippen LogP contribution < -0.4 is 10.2 Å². The number of hydrogen-bond donors (Lipinski definition) is 2. The Morgan fingerprint density at radius 1 is 1.17 bits per heavy atom. The third kappa shape index (κ3) is 6.08. The fourth-order valence-corrected chi connectivity index (χ4v) is 4.27. The monoisotopic (exact) mass is 416 g/mol. The molecule has 0 spiro atoms. The van der Waals surface area contributed by atoms with Gasteiger partial charge in [0.1, 0.15) is 11.6 Å². The predicted molar refractivity (Wildman–Crippen MR) is 114 cm³/mol. The lowest BCUT2D eigenvalue weighted by molar-refractivity contribution is -0.917. The van der Waals surface area contributed by atoms with Gasteiger partial charge < -0.3 is 15.1 Å². The van der Waals surface area contributed by atoms with Crippen molar-refractivity contribution in [2.75, 3.05) is 31.5 Å². The van der Waals surface area contributed by atoms with Gasteiger partial charge in [0.15, 0.2) is 0 Å². The van der Waals surface area contributed by atoms with Crippen LogP contribution in [0.4, 0.5) is 5.13 Å². The highest BCUT2D eigenvalue weighted by atomic mass is 32.1. The second-order valence-electron chi connectivity index (χ2n) is 7.64. The summed E-state index contributed by atoms with van der Waals surface area (Å²) < 4.78 is 0. The number of hydrogen-bond acceptors (Lipinski definition) is 5. The molecule has 1 fully saturated rings. The van der Waals surface area contributed by atoms with Gasteiger partial charge in [0.25, 0.3) is 0 Å². The van der Waals surface area contributed by atoms with Crippen LogP contribution in [0.25, 0.3) is 0 Å².